The van der Waals surface area contributed by atoms with Gasteiger partial charge in [-0.3, -0.25) is 9.69 Å². The van der Waals surface area contributed by atoms with Gasteiger partial charge >= 0.3 is 0 Å². The van der Waals surface area contributed by atoms with E-state index in [2.05, 4.69) is 28.5 Å². The van der Waals surface area contributed by atoms with Crippen LogP contribution in [0.2, 0.25) is 0 Å². The molecule has 0 aromatic carbocycles. The van der Waals surface area contributed by atoms with E-state index in [9.17, 15) is 4.79 Å². The number of hydrogen-bond acceptors (Lipinski definition) is 4. The van der Waals surface area contributed by atoms with Gasteiger partial charge in [0.25, 0.3) is 0 Å². The van der Waals surface area contributed by atoms with Gasteiger partial charge < -0.3 is 14.5 Å². The van der Waals surface area contributed by atoms with E-state index in [1.807, 2.05) is 0 Å². The average molecular weight is 323 g/mol. The Morgan fingerprint density at radius 1 is 1.13 bits per heavy atom. The van der Waals surface area contributed by atoms with Crippen LogP contribution in [0.25, 0.3) is 0 Å². The molecule has 0 spiro atoms. The van der Waals surface area contributed by atoms with Crippen molar-refractivity contribution in [3.8, 4) is 0 Å². The van der Waals surface area contributed by atoms with Crippen LogP contribution in [-0.2, 0) is 9.53 Å². The van der Waals surface area contributed by atoms with Gasteiger partial charge in [0, 0.05) is 51.2 Å². The maximum atomic E-state index is 11.9. The summed E-state index contributed by atoms with van der Waals surface area (Å²) in [4.78, 5) is 19.2. The molecule has 0 radical (unpaired) electrons. The first-order valence-electron chi connectivity index (χ1n) is 9.37. The molecule has 0 saturated carbocycles. The number of morpholine rings is 1. The fourth-order valence-electron chi connectivity index (χ4n) is 4.47. The van der Waals surface area contributed by atoms with Gasteiger partial charge in [-0.25, -0.2) is 0 Å². The Hall–Kier alpha value is -0.650. The topological polar surface area (TPSA) is 36.0 Å². The van der Waals surface area contributed by atoms with E-state index in [-0.39, 0.29) is 5.54 Å². The highest BCUT2D eigenvalue weighted by atomic mass is 16.5. The third kappa shape index (κ3) is 4.46. The Morgan fingerprint density at radius 2 is 1.91 bits per heavy atom. The van der Waals surface area contributed by atoms with Crippen LogP contribution in [-0.4, -0.2) is 85.2 Å². The van der Waals surface area contributed by atoms with Crippen molar-refractivity contribution in [3.05, 3.63) is 0 Å². The number of carbonyl (C=O) groups is 1. The van der Waals surface area contributed by atoms with Gasteiger partial charge in [0.1, 0.15) is 0 Å². The summed E-state index contributed by atoms with van der Waals surface area (Å²) in [5.74, 6) is 1.03. The molecule has 23 heavy (non-hydrogen) atoms. The van der Waals surface area contributed by atoms with Gasteiger partial charge in [0.2, 0.25) is 5.91 Å². The van der Waals surface area contributed by atoms with Gasteiger partial charge in [0.15, 0.2) is 0 Å². The van der Waals surface area contributed by atoms with Gasteiger partial charge in [-0.15, -0.1) is 0 Å². The number of piperidine rings is 1. The molecular formula is C18H33N3O2. The van der Waals surface area contributed by atoms with Crippen molar-refractivity contribution in [2.24, 2.45) is 5.92 Å². The van der Waals surface area contributed by atoms with Crippen LogP contribution in [0.4, 0.5) is 0 Å². The fourth-order valence-corrected chi connectivity index (χ4v) is 4.47. The maximum Gasteiger partial charge on any atom is 0.222 e. The molecule has 5 nitrogen and oxygen atoms in total. The summed E-state index contributed by atoms with van der Waals surface area (Å²) in [6.45, 7) is 14.0. The highest BCUT2D eigenvalue weighted by molar-refractivity contribution is 5.78. The van der Waals surface area contributed by atoms with E-state index in [0.717, 1.165) is 65.3 Å². The molecule has 3 saturated heterocycles. The number of likely N-dealkylation sites (tertiary alicyclic amines) is 2. The molecule has 3 heterocycles. The van der Waals surface area contributed by atoms with E-state index < -0.39 is 0 Å². The normalized spacial score (nSPS) is 28.5. The number of nitrogens with zero attached hydrogens (tertiary/aromatic N) is 3. The molecule has 3 aliphatic rings. The quantitative estimate of drug-likeness (QED) is 0.767. The summed E-state index contributed by atoms with van der Waals surface area (Å²) < 4.78 is 5.49. The predicted octanol–water partition coefficient (Wildman–Crippen LogP) is 1.43. The molecule has 0 unspecified atom stereocenters. The van der Waals surface area contributed by atoms with E-state index in [0.29, 0.717) is 11.8 Å². The van der Waals surface area contributed by atoms with Crippen LogP contribution < -0.4 is 0 Å². The third-order valence-electron chi connectivity index (χ3n) is 5.73. The van der Waals surface area contributed by atoms with Gasteiger partial charge in [-0.05, 0) is 45.6 Å². The molecule has 1 atom stereocenters. The highest BCUT2D eigenvalue weighted by Gasteiger charge is 2.33. The zero-order chi connectivity index (χ0) is 16.3. The lowest BCUT2D eigenvalue weighted by atomic mass is 9.94. The highest BCUT2D eigenvalue weighted by Crippen LogP contribution is 2.24. The monoisotopic (exact) mass is 323 g/mol. The fraction of sp³-hybridized carbons (Fsp3) is 0.944. The zero-order valence-electron chi connectivity index (χ0n) is 14.9. The maximum absolute atomic E-state index is 11.9. The van der Waals surface area contributed by atoms with Crippen molar-refractivity contribution >= 4 is 5.91 Å². The molecule has 0 aliphatic carbocycles. The Balaban J connectivity index is 1.50. The summed E-state index contributed by atoms with van der Waals surface area (Å²) in [6.07, 6.45) is 4.37. The van der Waals surface area contributed by atoms with Crippen molar-refractivity contribution in [1.82, 2.24) is 14.7 Å². The summed E-state index contributed by atoms with van der Waals surface area (Å²) in [6, 6.07) is 0. The average Bonchev–Trinajstić information content (AvgIpc) is 2.93. The van der Waals surface area contributed by atoms with Crippen molar-refractivity contribution in [1.29, 1.82) is 0 Å². The molecule has 5 heteroatoms. The SMILES string of the molecule is CC(C)(CN1CCC[C@@H](CN2CCCC2=O)C1)N1CCOCC1. The van der Waals surface area contributed by atoms with E-state index in [1.165, 1.54) is 19.4 Å². The molecule has 132 valence electrons. The van der Waals surface area contributed by atoms with Crippen molar-refractivity contribution in [3.63, 3.8) is 0 Å². The molecule has 3 aliphatic heterocycles. The largest absolute Gasteiger partial charge is 0.379 e. The minimum absolute atomic E-state index is 0.204. The zero-order valence-corrected chi connectivity index (χ0v) is 14.9. The number of rotatable bonds is 5. The van der Waals surface area contributed by atoms with Crippen LogP contribution in [0.1, 0.15) is 39.5 Å². The Morgan fingerprint density at radius 3 is 2.61 bits per heavy atom. The number of hydrogen-bond donors (Lipinski definition) is 0. The lowest BCUT2D eigenvalue weighted by Crippen LogP contribution is -2.56. The van der Waals surface area contributed by atoms with Gasteiger partial charge in [-0.1, -0.05) is 0 Å². The second-order valence-electron chi connectivity index (χ2n) is 8.10. The molecule has 3 rings (SSSR count). The van der Waals surface area contributed by atoms with E-state index in [4.69, 9.17) is 4.74 Å². The predicted molar refractivity (Wildman–Crippen MR) is 91.4 cm³/mol. The third-order valence-corrected chi connectivity index (χ3v) is 5.73. The smallest absolute Gasteiger partial charge is 0.222 e. The molecule has 3 fully saturated rings. The Labute approximate surface area is 140 Å². The van der Waals surface area contributed by atoms with Crippen LogP contribution in [0.3, 0.4) is 0 Å². The standard InChI is InChI=1S/C18H33N3O2/c1-18(2,21-9-11-23-12-10-21)15-19-7-3-5-16(13-19)14-20-8-4-6-17(20)22/h16H,3-15H2,1-2H3/t16-/m1/s1. The second-order valence-corrected chi connectivity index (χ2v) is 8.10. The van der Waals surface area contributed by atoms with E-state index in [1.54, 1.807) is 0 Å². The molecule has 0 aromatic rings. The van der Waals surface area contributed by atoms with Crippen LogP contribution >= 0.6 is 0 Å². The molecular weight excluding hydrogens is 290 g/mol. The molecule has 0 aromatic heterocycles. The van der Waals surface area contributed by atoms with Crippen molar-refractivity contribution in [2.45, 2.75) is 45.1 Å². The van der Waals surface area contributed by atoms with Crippen molar-refractivity contribution < 1.29 is 9.53 Å². The summed E-state index contributed by atoms with van der Waals surface area (Å²) in [5, 5.41) is 0. The van der Waals surface area contributed by atoms with Crippen LogP contribution in [0.15, 0.2) is 0 Å². The first kappa shape index (κ1) is 17.2. The van der Waals surface area contributed by atoms with Crippen molar-refractivity contribution in [2.75, 3.05) is 59.0 Å². The molecule has 0 bridgehead atoms. The summed E-state index contributed by atoms with van der Waals surface area (Å²) >= 11 is 0. The lowest BCUT2D eigenvalue weighted by Gasteiger charge is -2.45. The molecule has 1 amide bonds. The minimum atomic E-state index is 0.204. The number of amides is 1. The van der Waals surface area contributed by atoms with Crippen LogP contribution in [0.5, 0.6) is 0 Å². The minimum Gasteiger partial charge on any atom is -0.379 e. The van der Waals surface area contributed by atoms with Gasteiger partial charge in [-0.2, -0.15) is 0 Å². The Kier molecular flexibility index (Phi) is 5.60. The number of ether oxygens (including phenoxy) is 1. The lowest BCUT2D eigenvalue weighted by molar-refractivity contribution is -0.128. The first-order valence-corrected chi connectivity index (χ1v) is 9.37. The summed E-state index contributed by atoms with van der Waals surface area (Å²) in [5.41, 5.74) is 0.204. The first-order chi connectivity index (χ1) is 11.0. The van der Waals surface area contributed by atoms with E-state index >= 15 is 0 Å². The number of carbonyl (C=O) groups excluding carboxylic acids is 1. The second kappa shape index (κ2) is 7.49. The molecule has 0 N–H and O–H groups in total. The van der Waals surface area contributed by atoms with Gasteiger partial charge in [0.05, 0.1) is 13.2 Å². The Bertz CT molecular complexity index is 407. The van der Waals surface area contributed by atoms with Crippen LogP contribution in [0, 0.1) is 5.92 Å². The summed E-state index contributed by atoms with van der Waals surface area (Å²) in [7, 11) is 0.